The molecule has 0 N–H and O–H groups in total. The van der Waals surface area contributed by atoms with Gasteiger partial charge in [-0.15, -0.1) is 0 Å². The van der Waals surface area contributed by atoms with Crippen molar-refractivity contribution in [2.24, 2.45) is 4.99 Å². The van der Waals surface area contributed by atoms with Crippen LogP contribution in [0.3, 0.4) is 0 Å². The second-order valence-corrected chi connectivity index (χ2v) is 7.28. The molecule has 2 aromatic carbocycles. The maximum Gasteiger partial charge on any atom is 0.416 e. The van der Waals surface area contributed by atoms with Crippen molar-refractivity contribution in [3.05, 3.63) is 64.0 Å². The van der Waals surface area contributed by atoms with Crippen molar-refractivity contribution in [2.75, 3.05) is 20.6 Å². The summed E-state index contributed by atoms with van der Waals surface area (Å²) in [6.07, 6.45) is -2.95. The van der Waals surface area contributed by atoms with Crippen molar-refractivity contribution >= 4 is 17.9 Å². The summed E-state index contributed by atoms with van der Waals surface area (Å²) in [5, 5.41) is 0. The highest BCUT2D eigenvalue weighted by Crippen LogP contribution is 2.31. The Morgan fingerprint density at radius 1 is 1.07 bits per heavy atom. The van der Waals surface area contributed by atoms with Crippen LogP contribution < -0.4 is 0 Å². The molecule has 162 valence electrons. The van der Waals surface area contributed by atoms with Gasteiger partial charge in [0.2, 0.25) is 0 Å². The van der Waals surface area contributed by atoms with E-state index in [2.05, 4.69) is 4.99 Å². The average molecular weight is 423 g/mol. The van der Waals surface area contributed by atoms with Crippen LogP contribution in [0.25, 0.3) is 0 Å². The maximum atomic E-state index is 13.6. The number of hydrogen-bond acceptors (Lipinski definition) is 2. The van der Waals surface area contributed by atoms with Crippen LogP contribution in [-0.4, -0.2) is 42.7 Å². The molecule has 4 nitrogen and oxygen atoms in total. The lowest BCUT2D eigenvalue weighted by Crippen LogP contribution is -2.27. The van der Waals surface area contributed by atoms with Gasteiger partial charge in [0.1, 0.15) is 5.82 Å². The predicted octanol–water partition coefficient (Wildman–Crippen LogP) is 5.35. The second-order valence-electron chi connectivity index (χ2n) is 7.28. The fourth-order valence-electron chi connectivity index (χ4n) is 2.87. The second kappa shape index (κ2) is 9.28. The summed E-state index contributed by atoms with van der Waals surface area (Å²) in [4.78, 5) is 20.5. The molecule has 0 radical (unpaired) electrons. The Balaban J connectivity index is 2.25. The average Bonchev–Trinajstić information content (AvgIpc) is 2.66. The van der Waals surface area contributed by atoms with Crippen LogP contribution in [0.1, 0.15) is 39.5 Å². The van der Waals surface area contributed by atoms with Gasteiger partial charge in [-0.3, -0.25) is 4.79 Å². The van der Waals surface area contributed by atoms with Crippen molar-refractivity contribution in [2.45, 2.75) is 33.5 Å². The van der Waals surface area contributed by atoms with Crippen molar-refractivity contribution in [3.8, 4) is 0 Å². The van der Waals surface area contributed by atoms with Gasteiger partial charge in [-0.25, -0.2) is 9.38 Å². The smallest absolute Gasteiger partial charge is 0.366 e. The zero-order valence-corrected chi connectivity index (χ0v) is 17.6. The Kier molecular flexibility index (Phi) is 7.23. The SMILES string of the molecule is CCN(C)C=Nc1cc(C)c(C(=O)N(C)Cc2cc(F)cc(C(F)(F)F)c2)cc1C. The molecular weight excluding hydrogens is 398 g/mol. The number of amides is 1. The topological polar surface area (TPSA) is 35.9 Å². The summed E-state index contributed by atoms with van der Waals surface area (Å²) in [7, 11) is 3.37. The van der Waals surface area contributed by atoms with E-state index < -0.39 is 17.6 Å². The number of aliphatic imine (C=N–C) groups is 1. The first-order valence-corrected chi connectivity index (χ1v) is 9.40. The molecule has 0 atom stereocenters. The summed E-state index contributed by atoms with van der Waals surface area (Å²) >= 11 is 0. The van der Waals surface area contributed by atoms with E-state index in [1.165, 1.54) is 11.9 Å². The maximum absolute atomic E-state index is 13.6. The van der Waals surface area contributed by atoms with E-state index in [0.717, 1.165) is 29.9 Å². The number of aryl methyl sites for hydroxylation is 2. The third-order valence-corrected chi connectivity index (χ3v) is 4.72. The number of halogens is 4. The van der Waals surface area contributed by atoms with Crippen molar-refractivity contribution in [1.82, 2.24) is 9.80 Å². The van der Waals surface area contributed by atoms with Gasteiger partial charge in [0, 0.05) is 32.7 Å². The van der Waals surface area contributed by atoms with Crippen LogP contribution in [0.2, 0.25) is 0 Å². The third kappa shape index (κ3) is 5.81. The zero-order valence-electron chi connectivity index (χ0n) is 17.6. The van der Waals surface area contributed by atoms with Gasteiger partial charge in [0.25, 0.3) is 5.91 Å². The number of carbonyl (C=O) groups excluding carboxylic acids is 1. The molecule has 8 heteroatoms. The minimum atomic E-state index is -4.66. The largest absolute Gasteiger partial charge is 0.416 e. The summed E-state index contributed by atoms with van der Waals surface area (Å²) in [5.74, 6) is -1.36. The molecule has 1 amide bonds. The quantitative estimate of drug-likeness (QED) is 0.357. The van der Waals surface area contributed by atoms with Gasteiger partial charge in [-0.2, -0.15) is 13.2 Å². The third-order valence-electron chi connectivity index (χ3n) is 4.72. The normalized spacial score (nSPS) is 11.8. The molecule has 0 aliphatic rings. The molecule has 2 rings (SSSR count). The molecule has 0 saturated carbocycles. The Morgan fingerprint density at radius 3 is 2.33 bits per heavy atom. The van der Waals surface area contributed by atoms with Crippen LogP contribution in [0.4, 0.5) is 23.2 Å². The molecule has 2 aromatic rings. The molecule has 0 heterocycles. The van der Waals surface area contributed by atoms with E-state index in [0.29, 0.717) is 17.2 Å². The van der Waals surface area contributed by atoms with Gasteiger partial charge in [-0.1, -0.05) is 0 Å². The van der Waals surface area contributed by atoms with Crippen molar-refractivity contribution < 1.29 is 22.4 Å². The Labute approximate surface area is 173 Å². The fourth-order valence-corrected chi connectivity index (χ4v) is 2.87. The van der Waals surface area contributed by atoms with Crippen LogP contribution in [0.15, 0.2) is 35.3 Å². The number of benzene rings is 2. The van der Waals surface area contributed by atoms with Crippen LogP contribution in [0, 0.1) is 19.7 Å². The fraction of sp³-hybridized carbons (Fsp3) is 0.364. The van der Waals surface area contributed by atoms with E-state index in [1.54, 1.807) is 25.4 Å². The van der Waals surface area contributed by atoms with Gasteiger partial charge >= 0.3 is 6.18 Å². The van der Waals surface area contributed by atoms with Gasteiger partial charge in [-0.05, 0) is 67.8 Å². The summed E-state index contributed by atoms with van der Waals surface area (Å²) in [5.41, 5.74) is 1.63. The molecule has 0 bridgehead atoms. The number of alkyl halides is 3. The van der Waals surface area contributed by atoms with Gasteiger partial charge in [0.05, 0.1) is 17.6 Å². The zero-order chi connectivity index (χ0) is 22.6. The van der Waals surface area contributed by atoms with Crippen LogP contribution in [-0.2, 0) is 12.7 Å². The first-order chi connectivity index (χ1) is 13.9. The van der Waals surface area contributed by atoms with Gasteiger partial charge < -0.3 is 9.80 Å². The van der Waals surface area contributed by atoms with E-state index in [-0.39, 0.29) is 18.0 Å². The Morgan fingerprint density at radius 2 is 1.73 bits per heavy atom. The Bertz CT molecular complexity index is 954. The molecule has 0 aliphatic carbocycles. The number of carbonyl (C=O) groups is 1. The summed E-state index contributed by atoms with van der Waals surface area (Å²) in [6.45, 7) is 6.25. The molecule has 0 aromatic heterocycles. The molecule has 0 spiro atoms. The Hall–Kier alpha value is -2.90. The molecule has 0 unspecified atom stereocenters. The molecule has 0 fully saturated rings. The first-order valence-electron chi connectivity index (χ1n) is 9.40. The number of hydrogen-bond donors (Lipinski definition) is 0. The van der Waals surface area contributed by atoms with Crippen molar-refractivity contribution in [1.29, 1.82) is 0 Å². The lowest BCUT2D eigenvalue weighted by Gasteiger charge is -2.20. The summed E-state index contributed by atoms with van der Waals surface area (Å²) in [6, 6.07) is 5.79. The molecule has 0 aliphatic heterocycles. The van der Waals surface area contributed by atoms with Crippen LogP contribution >= 0.6 is 0 Å². The van der Waals surface area contributed by atoms with E-state index in [1.807, 2.05) is 25.8 Å². The molecular formula is C22H25F4N3O. The molecule has 30 heavy (non-hydrogen) atoms. The number of rotatable bonds is 6. The highest BCUT2D eigenvalue weighted by atomic mass is 19.4. The summed E-state index contributed by atoms with van der Waals surface area (Å²) < 4.78 is 52.4. The highest BCUT2D eigenvalue weighted by molar-refractivity contribution is 5.96. The minimum Gasteiger partial charge on any atom is -0.366 e. The van der Waals surface area contributed by atoms with E-state index >= 15 is 0 Å². The highest BCUT2D eigenvalue weighted by Gasteiger charge is 2.31. The van der Waals surface area contributed by atoms with E-state index in [4.69, 9.17) is 0 Å². The monoisotopic (exact) mass is 423 g/mol. The minimum absolute atomic E-state index is 0.0661. The van der Waals surface area contributed by atoms with E-state index in [9.17, 15) is 22.4 Å². The predicted molar refractivity (Wildman–Crippen MR) is 110 cm³/mol. The lowest BCUT2D eigenvalue weighted by molar-refractivity contribution is -0.137. The first kappa shape index (κ1) is 23.4. The van der Waals surface area contributed by atoms with Crippen LogP contribution in [0.5, 0.6) is 0 Å². The number of nitrogens with zero attached hydrogens (tertiary/aromatic N) is 3. The van der Waals surface area contributed by atoms with Crippen molar-refractivity contribution in [3.63, 3.8) is 0 Å². The lowest BCUT2D eigenvalue weighted by atomic mass is 10.0. The molecule has 0 saturated heterocycles. The standard InChI is InChI=1S/C22H25F4N3O/c1-6-28(4)13-27-20-8-14(2)19(7-15(20)3)21(30)29(5)12-16-9-17(22(24,25)26)11-18(23)10-16/h7-11,13H,6,12H2,1-5H3. The van der Waals surface area contributed by atoms with Gasteiger partial charge in [0.15, 0.2) is 0 Å².